The zero-order valence-electron chi connectivity index (χ0n) is 29.1. The number of nitrogens with zero attached hydrogens (tertiary/aromatic N) is 3. The second-order valence-corrected chi connectivity index (χ2v) is 16.8. The molecule has 2 saturated carbocycles. The molecular weight excluding hydrogens is 664 g/mol. The number of allylic oxidation sites excluding steroid dienone is 1. The molecule has 0 unspecified atom stereocenters. The molecule has 2 aliphatic carbocycles. The number of hydrogen-bond acceptors (Lipinski definition) is 9. The standard InChI is InChI=1S/C35H48N6O8S/c1-5-40-27-16-12-11-14-25(27)36-32(40)48-23-19-28-29(42)38-35(31(44)39-50(46,47)24-17-18-24)20-22(35)13-9-7-6-8-10-15-26(30(43)41(28)21-23)37-33(45)49-34(2,3)4/h9,11-14,16,22-24,26,28H,5-8,10,15,17-21H2,1-4H3,(H,37,45)(H,38,42)(H,39,44)/b13-9-/t22-,23-,26+,28+,35-/m1/s1. The SMILES string of the molecule is CCn1c(O[C@@H]2C[C@H]3C(=O)N[C@]4(C(=O)NS(=O)(=O)C5CC5)C[C@H]4/C=C\CCCCC[C@H](NC(=O)OC(C)(C)C)C(=O)N3C2)nc2ccccc21. The van der Waals surface area contributed by atoms with Crippen molar-refractivity contribution in [3.8, 4) is 6.01 Å². The third kappa shape index (κ3) is 7.77. The van der Waals surface area contributed by atoms with E-state index in [1.807, 2.05) is 47.9 Å². The van der Waals surface area contributed by atoms with Gasteiger partial charge in [0.05, 0.1) is 22.8 Å². The maximum absolute atomic E-state index is 14.4. The van der Waals surface area contributed by atoms with Crippen LogP contribution in [0.4, 0.5) is 4.79 Å². The Kier molecular flexibility index (Phi) is 9.90. The van der Waals surface area contributed by atoms with Crippen molar-refractivity contribution in [2.24, 2.45) is 5.92 Å². The molecule has 2 aliphatic heterocycles. The first-order valence-corrected chi connectivity index (χ1v) is 19.2. The average Bonchev–Trinajstić information content (AvgIpc) is 3.94. The van der Waals surface area contributed by atoms with Gasteiger partial charge in [-0.1, -0.05) is 37.1 Å². The van der Waals surface area contributed by atoms with Crippen LogP contribution < -0.4 is 20.1 Å². The van der Waals surface area contributed by atoms with Gasteiger partial charge < -0.3 is 25.0 Å². The van der Waals surface area contributed by atoms with Gasteiger partial charge >= 0.3 is 6.09 Å². The summed E-state index contributed by atoms with van der Waals surface area (Å²) in [5, 5.41) is 5.01. The van der Waals surface area contributed by atoms with E-state index in [1.165, 1.54) is 4.90 Å². The lowest BCUT2D eigenvalue weighted by molar-refractivity contribution is -0.141. The van der Waals surface area contributed by atoms with Gasteiger partial charge in [-0.15, -0.1) is 0 Å². The van der Waals surface area contributed by atoms with Crippen LogP contribution in [-0.4, -0.2) is 87.8 Å². The molecule has 15 heteroatoms. The van der Waals surface area contributed by atoms with Gasteiger partial charge in [0.25, 0.3) is 11.9 Å². The predicted octanol–water partition coefficient (Wildman–Crippen LogP) is 3.30. The van der Waals surface area contributed by atoms with E-state index in [0.717, 1.165) is 23.9 Å². The molecule has 0 spiro atoms. The second kappa shape index (κ2) is 13.9. The number of benzene rings is 1. The number of para-hydroxylation sites is 2. The Labute approximate surface area is 292 Å². The molecule has 50 heavy (non-hydrogen) atoms. The number of amides is 4. The van der Waals surface area contributed by atoms with E-state index in [4.69, 9.17) is 9.47 Å². The Hall–Kier alpha value is -4.14. The molecule has 2 aromatic rings. The van der Waals surface area contributed by atoms with Crippen LogP contribution in [0.5, 0.6) is 6.01 Å². The molecule has 1 aromatic heterocycles. The van der Waals surface area contributed by atoms with Crippen molar-refractivity contribution in [2.45, 2.75) is 127 Å². The van der Waals surface area contributed by atoms with Crippen molar-refractivity contribution in [1.82, 2.24) is 29.8 Å². The monoisotopic (exact) mass is 712 g/mol. The van der Waals surface area contributed by atoms with E-state index in [9.17, 15) is 27.6 Å². The smallest absolute Gasteiger partial charge is 0.408 e. The number of rotatable bonds is 7. The Bertz CT molecular complexity index is 1780. The summed E-state index contributed by atoms with van der Waals surface area (Å²) >= 11 is 0. The number of aryl methyl sites for hydroxylation is 1. The minimum Gasteiger partial charge on any atom is -0.459 e. The van der Waals surface area contributed by atoms with Crippen molar-refractivity contribution in [1.29, 1.82) is 0 Å². The number of carbonyl (C=O) groups excluding carboxylic acids is 4. The third-order valence-electron chi connectivity index (χ3n) is 9.74. The van der Waals surface area contributed by atoms with Crippen LogP contribution in [0.1, 0.15) is 85.5 Å². The minimum absolute atomic E-state index is 0.0227. The number of ether oxygens (including phenoxy) is 2. The third-order valence-corrected chi connectivity index (χ3v) is 11.6. The van der Waals surface area contributed by atoms with Gasteiger partial charge in [-0.05, 0) is 78.4 Å². The van der Waals surface area contributed by atoms with E-state index in [2.05, 4.69) is 20.3 Å². The highest BCUT2D eigenvalue weighted by molar-refractivity contribution is 7.91. The van der Waals surface area contributed by atoms with Crippen molar-refractivity contribution < 1.29 is 37.1 Å². The van der Waals surface area contributed by atoms with Crippen molar-refractivity contribution in [3.05, 3.63) is 36.4 Å². The van der Waals surface area contributed by atoms with Gasteiger partial charge in [-0.25, -0.2) is 13.2 Å². The second-order valence-electron chi connectivity index (χ2n) is 14.8. The number of imidazole rings is 1. The molecule has 1 aromatic carbocycles. The number of carbonyl (C=O) groups is 4. The lowest BCUT2D eigenvalue weighted by Gasteiger charge is -2.30. The molecular formula is C35H48N6O8S. The number of fused-ring (bicyclic) bond motifs is 3. The molecule has 3 N–H and O–H groups in total. The summed E-state index contributed by atoms with van der Waals surface area (Å²) in [5.74, 6) is -2.26. The summed E-state index contributed by atoms with van der Waals surface area (Å²) in [7, 11) is -3.87. The summed E-state index contributed by atoms with van der Waals surface area (Å²) in [5.41, 5.74) is -0.639. The predicted molar refractivity (Wildman–Crippen MR) is 184 cm³/mol. The molecule has 4 amide bonds. The molecule has 5 atom stereocenters. The van der Waals surface area contributed by atoms with E-state index in [1.54, 1.807) is 20.8 Å². The van der Waals surface area contributed by atoms with Gasteiger partial charge in [-0.3, -0.25) is 23.7 Å². The normalized spacial score (nSPS) is 28.4. The molecule has 0 radical (unpaired) electrons. The van der Waals surface area contributed by atoms with E-state index in [0.29, 0.717) is 44.7 Å². The summed E-state index contributed by atoms with van der Waals surface area (Å²) < 4.78 is 41.6. The fourth-order valence-electron chi connectivity index (χ4n) is 6.90. The molecule has 1 saturated heterocycles. The summed E-state index contributed by atoms with van der Waals surface area (Å²) in [6.07, 6.45) is 6.97. The van der Waals surface area contributed by atoms with Crippen LogP contribution in [0.2, 0.25) is 0 Å². The number of nitrogens with one attached hydrogen (secondary N) is 3. The Morgan fingerprint density at radius 2 is 1.86 bits per heavy atom. The van der Waals surface area contributed by atoms with Gasteiger partial charge in [0.2, 0.25) is 21.8 Å². The molecule has 14 nitrogen and oxygen atoms in total. The molecule has 272 valence electrons. The fourth-order valence-corrected chi connectivity index (χ4v) is 8.26. The quantitative estimate of drug-likeness (QED) is 0.364. The lowest BCUT2D eigenvalue weighted by atomic mass is 10.0. The minimum atomic E-state index is -3.87. The molecule has 4 aliphatic rings. The lowest BCUT2D eigenvalue weighted by Crippen LogP contribution is -2.58. The molecule has 0 bridgehead atoms. The van der Waals surface area contributed by atoms with Crippen LogP contribution >= 0.6 is 0 Å². The Balaban J connectivity index is 1.30. The first-order chi connectivity index (χ1) is 23.7. The van der Waals surface area contributed by atoms with Gasteiger partial charge in [0.15, 0.2) is 0 Å². The summed E-state index contributed by atoms with van der Waals surface area (Å²) in [6, 6.07) is 5.92. The van der Waals surface area contributed by atoms with Crippen LogP contribution in [0.3, 0.4) is 0 Å². The van der Waals surface area contributed by atoms with Crippen molar-refractivity contribution >= 4 is 44.9 Å². The van der Waals surface area contributed by atoms with Crippen molar-refractivity contribution in [2.75, 3.05) is 6.54 Å². The summed E-state index contributed by atoms with van der Waals surface area (Å²) in [4.78, 5) is 61.3. The highest BCUT2D eigenvalue weighted by Crippen LogP contribution is 2.46. The number of hydrogen-bond donors (Lipinski definition) is 3. The topological polar surface area (TPSA) is 178 Å². The van der Waals surface area contributed by atoms with Crippen LogP contribution in [0.25, 0.3) is 11.0 Å². The number of alkyl carbamates (subject to hydrolysis) is 1. The number of sulfonamides is 1. The van der Waals surface area contributed by atoms with Crippen LogP contribution in [0.15, 0.2) is 36.4 Å². The van der Waals surface area contributed by atoms with Gasteiger partial charge in [0, 0.05) is 18.9 Å². The van der Waals surface area contributed by atoms with E-state index in [-0.39, 0.29) is 19.4 Å². The molecule has 3 fully saturated rings. The average molecular weight is 713 g/mol. The van der Waals surface area contributed by atoms with Gasteiger partial charge in [0.1, 0.15) is 29.3 Å². The van der Waals surface area contributed by atoms with Crippen molar-refractivity contribution in [3.63, 3.8) is 0 Å². The number of aromatic nitrogens is 2. The molecule has 6 rings (SSSR count). The van der Waals surface area contributed by atoms with E-state index < -0.39 is 74.3 Å². The Morgan fingerprint density at radius 3 is 2.58 bits per heavy atom. The van der Waals surface area contributed by atoms with Crippen LogP contribution in [0, 0.1) is 5.92 Å². The largest absolute Gasteiger partial charge is 0.459 e. The Morgan fingerprint density at radius 1 is 1.10 bits per heavy atom. The highest BCUT2D eigenvalue weighted by atomic mass is 32.2. The summed E-state index contributed by atoms with van der Waals surface area (Å²) in [6.45, 7) is 7.77. The maximum Gasteiger partial charge on any atom is 0.408 e. The van der Waals surface area contributed by atoms with E-state index >= 15 is 0 Å². The van der Waals surface area contributed by atoms with Crippen LogP contribution in [-0.2, 0) is 35.7 Å². The highest BCUT2D eigenvalue weighted by Gasteiger charge is 2.62. The maximum atomic E-state index is 14.4. The zero-order valence-corrected chi connectivity index (χ0v) is 30.0. The zero-order chi connectivity index (χ0) is 35.8. The fraction of sp³-hybridized carbons (Fsp3) is 0.629. The van der Waals surface area contributed by atoms with Gasteiger partial charge in [-0.2, -0.15) is 4.98 Å². The molecule has 3 heterocycles. The first-order valence-electron chi connectivity index (χ1n) is 17.7. The first kappa shape index (κ1) is 35.7.